The summed E-state index contributed by atoms with van der Waals surface area (Å²) in [4.78, 5) is 29.0. The highest BCUT2D eigenvalue weighted by Crippen LogP contribution is 2.29. The second-order valence-corrected chi connectivity index (χ2v) is 10.7. The molecule has 7 nitrogen and oxygen atoms in total. The molecule has 182 valence electrons. The summed E-state index contributed by atoms with van der Waals surface area (Å²) < 4.78 is 13.9. The first-order chi connectivity index (χ1) is 17.0. The van der Waals surface area contributed by atoms with Crippen LogP contribution in [-0.2, 0) is 11.3 Å². The van der Waals surface area contributed by atoms with Gasteiger partial charge in [0, 0.05) is 35.4 Å². The van der Waals surface area contributed by atoms with Crippen LogP contribution in [0.1, 0.15) is 31.2 Å². The van der Waals surface area contributed by atoms with E-state index in [9.17, 15) is 14.0 Å². The summed E-state index contributed by atoms with van der Waals surface area (Å²) >= 11 is 2.52. The van der Waals surface area contributed by atoms with Crippen molar-refractivity contribution in [2.24, 2.45) is 4.99 Å². The average Bonchev–Trinajstić information content (AvgIpc) is 3.49. The molecular formula is C25H26FN5O2S2. The number of hydrogen-bond acceptors (Lipinski definition) is 8. The minimum absolute atomic E-state index is 0.212. The lowest BCUT2D eigenvalue weighted by Crippen LogP contribution is -2.49. The van der Waals surface area contributed by atoms with Crippen molar-refractivity contribution in [1.82, 2.24) is 21.3 Å². The Labute approximate surface area is 211 Å². The summed E-state index contributed by atoms with van der Waals surface area (Å²) in [5.41, 5.74) is 2.81. The van der Waals surface area contributed by atoms with E-state index in [1.807, 2.05) is 23.6 Å². The van der Waals surface area contributed by atoms with E-state index in [-0.39, 0.29) is 23.3 Å². The monoisotopic (exact) mass is 511 g/mol. The molecule has 1 atom stereocenters. The highest BCUT2D eigenvalue weighted by molar-refractivity contribution is 8.18. The molecule has 1 aromatic carbocycles. The molecule has 0 bridgehead atoms. The number of aliphatic imine (C=N–C) groups is 1. The molecule has 3 aliphatic rings. The van der Waals surface area contributed by atoms with Crippen LogP contribution in [0.4, 0.5) is 9.18 Å². The zero-order valence-electron chi connectivity index (χ0n) is 18.9. The molecule has 1 unspecified atom stereocenters. The van der Waals surface area contributed by atoms with Gasteiger partial charge in [0.25, 0.3) is 11.1 Å². The molecule has 5 rings (SSSR count). The second-order valence-electron chi connectivity index (χ2n) is 8.69. The van der Waals surface area contributed by atoms with Crippen molar-refractivity contribution >= 4 is 40.5 Å². The number of nitrogens with zero attached hydrogens (tertiary/aromatic N) is 1. The van der Waals surface area contributed by atoms with Gasteiger partial charge >= 0.3 is 0 Å². The van der Waals surface area contributed by atoms with E-state index in [2.05, 4.69) is 26.3 Å². The highest BCUT2D eigenvalue weighted by atomic mass is 32.2. The minimum Gasteiger partial charge on any atom is -0.351 e. The lowest BCUT2D eigenvalue weighted by molar-refractivity contribution is -0.115. The normalized spacial score (nSPS) is 25.5. The van der Waals surface area contributed by atoms with Gasteiger partial charge in [0.05, 0.1) is 4.91 Å². The van der Waals surface area contributed by atoms with Crippen molar-refractivity contribution in [1.29, 1.82) is 0 Å². The van der Waals surface area contributed by atoms with E-state index < -0.39 is 0 Å². The maximum Gasteiger partial charge on any atom is 0.290 e. The van der Waals surface area contributed by atoms with Gasteiger partial charge in [-0.05, 0) is 84.3 Å². The Balaban J connectivity index is 1.10. The van der Waals surface area contributed by atoms with Gasteiger partial charge in [-0.3, -0.25) is 25.2 Å². The number of thioether (sulfide) groups is 1. The average molecular weight is 512 g/mol. The van der Waals surface area contributed by atoms with E-state index in [0.29, 0.717) is 23.5 Å². The number of thiophene rings is 1. The van der Waals surface area contributed by atoms with E-state index in [0.717, 1.165) is 59.1 Å². The quantitative estimate of drug-likeness (QED) is 0.415. The van der Waals surface area contributed by atoms with Crippen molar-refractivity contribution in [3.63, 3.8) is 0 Å². The molecule has 4 N–H and O–H groups in total. The van der Waals surface area contributed by atoms with E-state index in [1.165, 1.54) is 6.07 Å². The molecule has 1 saturated carbocycles. The fraction of sp³-hybridized carbons (Fsp3) is 0.320. The van der Waals surface area contributed by atoms with Crippen LogP contribution in [-0.4, -0.2) is 35.7 Å². The Morgan fingerprint density at radius 1 is 1.14 bits per heavy atom. The Morgan fingerprint density at radius 3 is 2.71 bits per heavy atom. The molecule has 1 aromatic heterocycles. The lowest BCUT2D eigenvalue weighted by atomic mass is 9.91. The van der Waals surface area contributed by atoms with Gasteiger partial charge in [0.1, 0.15) is 5.82 Å². The van der Waals surface area contributed by atoms with Gasteiger partial charge < -0.3 is 10.6 Å². The van der Waals surface area contributed by atoms with Gasteiger partial charge in [-0.15, -0.1) is 11.3 Å². The summed E-state index contributed by atoms with van der Waals surface area (Å²) in [6.45, 7) is 0.710. The van der Waals surface area contributed by atoms with Crippen molar-refractivity contribution in [2.45, 2.75) is 50.6 Å². The number of rotatable bonds is 7. The predicted molar refractivity (Wildman–Crippen MR) is 138 cm³/mol. The van der Waals surface area contributed by atoms with Crippen LogP contribution in [0.15, 0.2) is 63.5 Å². The maximum absolute atomic E-state index is 13.9. The number of imide groups is 1. The topological polar surface area (TPSA) is 94.6 Å². The first-order valence-electron chi connectivity index (χ1n) is 11.6. The molecule has 2 fully saturated rings. The Bertz CT molecular complexity index is 1190. The Hall–Kier alpha value is -2.79. The third-order valence-electron chi connectivity index (χ3n) is 6.28. The second kappa shape index (κ2) is 10.9. The number of hydrogen-bond donors (Lipinski definition) is 4. The van der Waals surface area contributed by atoms with E-state index in [4.69, 9.17) is 0 Å². The predicted octanol–water partition coefficient (Wildman–Crippen LogP) is 4.25. The van der Waals surface area contributed by atoms with Gasteiger partial charge in [0.15, 0.2) is 6.29 Å². The number of allylic oxidation sites excluding steroid dienone is 2. The largest absolute Gasteiger partial charge is 0.351 e. The molecule has 0 radical (unpaired) electrons. The molecule has 1 saturated heterocycles. The highest BCUT2D eigenvalue weighted by Gasteiger charge is 2.27. The first-order valence-corrected chi connectivity index (χ1v) is 13.3. The number of benzene rings is 1. The summed E-state index contributed by atoms with van der Waals surface area (Å²) in [6, 6.07) is 9.78. The fourth-order valence-electron chi connectivity index (χ4n) is 4.50. The van der Waals surface area contributed by atoms with Crippen LogP contribution in [0, 0.1) is 5.82 Å². The summed E-state index contributed by atoms with van der Waals surface area (Å²) in [5.74, 6) is -0.584. The molecule has 1 aliphatic carbocycles. The summed E-state index contributed by atoms with van der Waals surface area (Å²) in [5, 5.41) is 14.4. The van der Waals surface area contributed by atoms with Crippen LogP contribution in [0.2, 0.25) is 0 Å². The molecule has 2 amide bonds. The van der Waals surface area contributed by atoms with Crippen LogP contribution in [0.3, 0.4) is 0 Å². The van der Waals surface area contributed by atoms with Crippen LogP contribution >= 0.6 is 23.1 Å². The zero-order chi connectivity index (χ0) is 24.2. The molecule has 2 aliphatic heterocycles. The van der Waals surface area contributed by atoms with E-state index >= 15 is 0 Å². The third kappa shape index (κ3) is 6.07. The first kappa shape index (κ1) is 23.9. The van der Waals surface area contributed by atoms with Crippen LogP contribution < -0.4 is 21.3 Å². The Morgan fingerprint density at radius 2 is 1.97 bits per heavy atom. The summed E-state index contributed by atoms with van der Waals surface area (Å²) in [7, 11) is 0. The number of halogens is 1. The number of amides is 2. The van der Waals surface area contributed by atoms with Crippen molar-refractivity contribution in [2.75, 3.05) is 0 Å². The van der Waals surface area contributed by atoms with Gasteiger partial charge in [-0.25, -0.2) is 4.39 Å². The standard InChI is InChI=1S/C25H26FN5O2S2/c26-16-4-3-15(20(12-16)21-2-1-11-34-21)14-28-17-5-7-18(8-6-17)29-24-27-10-9-19(30-24)13-22-23(32)31-25(33)35-22/h1-4,9-13,17-18,24,28-30H,5-8,14H2,(H,31,32,33)/b22-13-/t17-,18-,24?. The molecular weight excluding hydrogens is 485 g/mol. The lowest BCUT2D eigenvalue weighted by Gasteiger charge is -2.33. The molecule has 3 heterocycles. The van der Waals surface area contributed by atoms with Gasteiger partial charge in [-0.2, -0.15) is 0 Å². The molecule has 35 heavy (non-hydrogen) atoms. The molecule has 0 spiro atoms. The van der Waals surface area contributed by atoms with Crippen LogP contribution in [0.5, 0.6) is 0 Å². The number of carbonyl (C=O) groups is 2. The van der Waals surface area contributed by atoms with E-state index in [1.54, 1.807) is 35.8 Å². The SMILES string of the molecule is O=C1NC(=O)/C(=C/C2=CC=NC(N[C@H]3CC[C@H](NCc4ccc(F)cc4-c4cccs4)CC3)N2)S1. The number of nitrogens with one attached hydrogen (secondary N) is 4. The van der Waals surface area contributed by atoms with Crippen molar-refractivity contribution in [3.05, 3.63) is 69.8 Å². The third-order valence-corrected chi connectivity index (χ3v) is 8.00. The fourth-order valence-corrected chi connectivity index (χ4v) is 5.95. The van der Waals surface area contributed by atoms with Crippen molar-refractivity contribution in [3.8, 4) is 10.4 Å². The Kier molecular flexibility index (Phi) is 7.43. The summed E-state index contributed by atoms with van der Waals surface area (Å²) in [6.07, 6.45) is 8.98. The smallest absolute Gasteiger partial charge is 0.290 e. The molecule has 10 heteroatoms. The zero-order valence-corrected chi connectivity index (χ0v) is 20.6. The van der Waals surface area contributed by atoms with Crippen molar-refractivity contribution < 1.29 is 14.0 Å². The van der Waals surface area contributed by atoms with Gasteiger partial charge in [0.2, 0.25) is 0 Å². The van der Waals surface area contributed by atoms with Gasteiger partial charge in [-0.1, -0.05) is 12.1 Å². The van der Waals surface area contributed by atoms with Crippen LogP contribution in [0.25, 0.3) is 10.4 Å². The maximum atomic E-state index is 13.9. The minimum atomic E-state index is -0.372. The number of carbonyl (C=O) groups excluding carboxylic acids is 2. The molecule has 2 aromatic rings.